The molecule has 1 aliphatic heterocycles. The minimum Gasteiger partial charge on any atom is -0.344 e. The van der Waals surface area contributed by atoms with Gasteiger partial charge < -0.3 is 10.2 Å². The summed E-state index contributed by atoms with van der Waals surface area (Å²) in [7, 11) is 0. The lowest BCUT2D eigenvalue weighted by molar-refractivity contribution is -0.139. The monoisotopic (exact) mass is 306 g/mol. The Balaban J connectivity index is 1.56. The molecule has 0 spiro atoms. The number of carbonyl (C=O) groups excluding carboxylic acids is 2. The standard InChI is InChI=1S/C18H30N2O2/c1-13(19-17(21)15-9-5-10-15)18(22)20-12-6-11-16(20)14-7-3-2-4-8-14/h13-16H,2-12H2,1H3,(H,19,21)/t13-,16+/m1/s1. The highest BCUT2D eigenvalue weighted by atomic mass is 16.2. The van der Waals surface area contributed by atoms with Crippen molar-refractivity contribution in [3.05, 3.63) is 0 Å². The summed E-state index contributed by atoms with van der Waals surface area (Å²) in [6.07, 6.45) is 11.9. The van der Waals surface area contributed by atoms with Crippen LogP contribution in [0.3, 0.4) is 0 Å². The van der Waals surface area contributed by atoms with Crippen LogP contribution in [0.5, 0.6) is 0 Å². The van der Waals surface area contributed by atoms with E-state index in [4.69, 9.17) is 0 Å². The van der Waals surface area contributed by atoms with Crippen molar-refractivity contribution in [1.82, 2.24) is 10.2 Å². The van der Waals surface area contributed by atoms with Gasteiger partial charge in [-0.15, -0.1) is 0 Å². The molecular weight excluding hydrogens is 276 g/mol. The van der Waals surface area contributed by atoms with Crippen molar-refractivity contribution in [2.24, 2.45) is 11.8 Å². The first-order valence-electron chi connectivity index (χ1n) is 9.27. The lowest BCUT2D eigenvalue weighted by atomic mass is 9.83. The molecule has 0 radical (unpaired) electrons. The largest absolute Gasteiger partial charge is 0.344 e. The van der Waals surface area contributed by atoms with Crippen LogP contribution in [0.15, 0.2) is 0 Å². The molecule has 1 saturated heterocycles. The summed E-state index contributed by atoms with van der Waals surface area (Å²) in [5.41, 5.74) is 0. The first kappa shape index (κ1) is 15.8. The second kappa shape index (κ2) is 7.01. The van der Waals surface area contributed by atoms with Crippen molar-refractivity contribution in [3.63, 3.8) is 0 Å². The molecule has 1 N–H and O–H groups in total. The lowest BCUT2D eigenvalue weighted by Crippen LogP contribution is -2.51. The average molecular weight is 306 g/mol. The Labute approximate surface area is 134 Å². The smallest absolute Gasteiger partial charge is 0.245 e. The number of hydrogen-bond acceptors (Lipinski definition) is 2. The number of likely N-dealkylation sites (tertiary alicyclic amines) is 1. The Bertz CT molecular complexity index is 413. The molecule has 4 heteroatoms. The second-order valence-electron chi connectivity index (χ2n) is 7.50. The van der Waals surface area contributed by atoms with Gasteiger partial charge in [0.15, 0.2) is 0 Å². The molecule has 2 aliphatic carbocycles. The van der Waals surface area contributed by atoms with Gasteiger partial charge in [-0.3, -0.25) is 9.59 Å². The SMILES string of the molecule is C[C@@H](NC(=O)C1CCC1)C(=O)N1CCC[C@H]1C1CCCCC1. The van der Waals surface area contributed by atoms with Crippen LogP contribution in [0.4, 0.5) is 0 Å². The highest BCUT2D eigenvalue weighted by molar-refractivity contribution is 5.88. The summed E-state index contributed by atoms with van der Waals surface area (Å²) >= 11 is 0. The fourth-order valence-corrected chi connectivity index (χ4v) is 4.39. The fourth-order valence-electron chi connectivity index (χ4n) is 4.39. The Morgan fingerprint density at radius 1 is 0.955 bits per heavy atom. The van der Waals surface area contributed by atoms with Gasteiger partial charge in [-0.05, 0) is 51.4 Å². The number of amides is 2. The van der Waals surface area contributed by atoms with Crippen LogP contribution in [0, 0.1) is 11.8 Å². The van der Waals surface area contributed by atoms with Crippen molar-refractivity contribution in [1.29, 1.82) is 0 Å². The zero-order valence-electron chi connectivity index (χ0n) is 13.9. The molecule has 2 amide bonds. The van der Waals surface area contributed by atoms with Gasteiger partial charge in [0.25, 0.3) is 0 Å². The molecule has 1 heterocycles. The third kappa shape index (κ3) is 3.31. The summed E-state index contributed by atoms with van der Waals surface area (Å²) in [5.74, 6) is 1.07. The number of carbonyl (C=O) groups is 2. The summed E-state index contributed by atoms with van der Waals surface area (Å²) < 4.78 is 0. The minimum atomic E-state index is -0.364. The van der Waals surface area contributed by atoms with Crippen LogP contribution in [-0.4, -0.2) is 35.3 Å². The fraction of sp³-hybridized carbons (Fsp3) is 0.889. The summed E-state index contributed by atoms with van der Waals surface area (Å²) in [6.45, 7) is 2.73. The molecule has 2 saturated carbocycles. The van der Waals surface area contributed by atoms with E-state index in [2.05, 4.69) is 10.2 Å². The zero-order chi connectivity index (χ0) is 15.5. The molecule has 3 fully saturated rings. The van der Waals surface area contributed by atoms with Gasteiger partial charge >= 0.3 is 0 Å². The van der Waals surface area contributed by atoms with Gasteiger partial charge in [-0.1, -0.05) is 25.7 Å². The molecule has 3 rings (SSSR count). The molecule has 0 aromatic heterocycles. The van der Waals surface area contributed by atoms with Crippen LogP contribution in [0.2, 0.25) is 0 Å². The van der Waals surface area contributed by atoms with E-state index < -0.39 is 0 Å². The molecule has 0 bridgehead atoms. The second-order valence-corrected chi connectivity index (χ2v) is 7.50. The predicted molar refractivity (Wildman–Crippen MR) is 86.3 cm³/mol. The summed E-state index contributed by atoms with van der Waals surface area (Å²) in [5, 5.41) is 2.95. The lowest BCUT2D eigenvalue weighted by Gasteiger charge is -2.35. The van der Waals surface area contributed by atoms with Crippen LogP contribution in [0.1, 0.15) is 71.1 Å². The van der Waals surface area contributed by atoms with E-state index in [-0.39, 0.29) is 23.8 Å². The molecular formula is C18H30N2O2. The van der Waals surface area contributed by atoms with Gasteiger partial charge in [-0.25, -0.2) is 0 Å². The highest BCUT2D eigenvalue weighted by Crippen LogP contribution is 2.34. The number of rotatable bonds is 4. The van der Waals surface area contributed by atoms with Gasteiger partial charge in [0.1, 0.15) is 6.04 Å². The van der Waals surface area contributed by atoms with Gasteiger partial charge in [-0.2, -0.15) is 0 Å². The number of nitrogens with zero attached hydrogens (tertiary/aromatic N) is 1. The molecule has 0 aromatic carbocycles. The van der Waals surface area contributed by atoms with E-state index in [1.807, 2.05) is 6.92 Å². The van der Waals surface area contributed by atoms with Crippen molar-refractivity contribution >= 4 is 11.8 Å². The molecule has 124 valence electrons. The Morgan fingerprint density at radius 2 is 1.68 bits per heavy atom. The Hall–Kier alpha value is -1.06. The van der Waals surface area contributed by atoms with Crippen LogP contribution < -0.4 is 5.32 Å². The van der Waals surface area contributed by atoms with Crippen molar-refractivity contribution in [2.45, 2.75) is 83.2 Å². The molecule has 0 unspecified atom stereocenters. The maximum absolute atomic E-state index is 12.8. The first-order valence-corrected chi connectivity index (χ1v) is 9.27. The Morgan fingerprint density at radius 3 is 2.32 bits per heavy atom. The van der Waals surface area contributed by atoms with E-state index in [1.54, 1.807) is 0 Å². The topological polar surface area (TPSA) is 49.4 Å². The summed E-state index contributed by atoms with van der Waals surface area (Å²) in [4.78, 5) is 26.9. The van der Waals surface area contributed by atoms with Gasteiger partial charge in [0.05, 0.1) is 0 Å². The molecule has 0 aromatic rings. The van der Waals surface area contributed by atoms with Crippen LogP contribution >= 0.6 is 0 Å². The zero-order valence-corrected chi connectivity index (χ0v) is 13.9. The van der Waals surface area contributed by atoms with Crippen LogP contribution in [-0.2, 0) is 9.59 Å². The van der Waals surface area contributed by atoms with E-state index >= 15 is 0 Å². The first-order chi connectivity index (χ1) is 10.7. The quantitative estimate of drug-likeness (QED) is 0.868. The summed E-state index contributed by atoms with van der Waals surface area (Å²) in [6, 6.07) is 0.0631. The maximum atomic E-state index is 12.8. The third-order valence-corrected chi connectivity index (χ3v) is 5.98. The maximum Gasteiger partial charge on any atom is 0.245 e. The minimum absolute atomic E-state index is 0.0838. The Kier molecular flexibility index (Phi) is 5.04. The molecule has 2 atom stereocenters. The van der Waals surface area contributed by atoms with Crippen molar-refractivity contribution < 1.29 is 9.59 Å². The van der Waals surface area contributed by atoms with Gasteiger partial charge in [0, 0.05) is 18.5 Å². The van der Waals surface area contributed by atoms with Crippen molar-refractivity contribution in [2.75, 3.05) is 6.54 Å². The third-order valence-electron chi connectivity index (χ3n) is 5.98. The van der Waals surface area contributed by atoms with Gasteiger partial charge in [0.2, 0.25) is 11.8 Å². The predicted octanol–water partition coefficient (Wildman–Crippen LogP) is 2.86. The highest BCUT2D eigenvalue weighted by Gasteiger charge is 2.37. The number of nitrogens with one attached hydrogen (secondary N) is 1. The van der Waals surface area contributed by atoms with E-state index in [9.17, 15) is 9.59 Å². The van der Waals surface area contributed by atoms with E-state index in [0.29, 0.717) is 12.0 Å². The van der Waals surface area contributed by atoms with Crippen LogP contribution in [0.25, 0.3) is 0 Å². The number of hydrogen-bond donors (Lipinski definition) is 1. The normalized spacial score (nSPS) is 28.2. The molecule has 22 heavy (non-hydrogen) atoms. The van der Waals surface area contributed by atoms with E-state index in [0.717, 1.165) is 38.6 Å². The van der Waals surface area contributed by atoms with Crippen molar-refractivity contribution in [3.8, 4) is 0 Å². The molecule has 4 nitrogen and oxygen atoms in total. The average Bonchev–Trinajstić information content (AvgIpc) is 2.94. The molecule has 3 aliphatic rings. The van der Waals surface area contributed by atoms with E-state index in [1.165, 1.54) is 32.1 Å².